The number of aromatic amines is 1. The Morgan fingerprint density at radius 1 is 1.50 bits per heavy atom. The highest BCUT2D eigenvalue weighted by Crippen LogP contribution is 1.92. The van der Waals surface area contributed by atoms with Crippen LogP contribution in [-0.2, 0) is 0 Å². The maximum absolute atomic E-state index is 10.3. The van der Waals surface area contributed by atoms with Crippen LogP contribution in [0.3, 0.4) is 0 Å². The molecule has 0 unspecified atom stereocenters. The highest BCUT2D eigenvalue weighted by atomic mass is 35.5. The maximum atomic E-state index is 10.3. The number of H-pyrrole nitrogens is 1. The van der Waals surface area contributed by atoms with E-state index < -0.39 is 0 Å². The number of aromatic nitrogens is 2. The molecule has 0 atom stereocenters. The molecule has 1 aromatic heterocycles. The molecule has 56 valence electrons. The van der Waals surface area contributed by atoms with E-state index in [-0.39, 0.29) is 10.7 Å². The van der Waals surface area contributed by atoms with E-state index in [0.29, 0.717) is 0 Å². The standard InChI is InChI=1S/C4H3ClN2O.C2H6/c5-3-1-6-2-4(8)7-3;1-2/h1-2H,(H,7,8);1-2H3. The first-order valence-electron chi connectivity index (χ1n) is 2.99. The molecule has 0 aliphatic heterocycles. The Labute approximate surface area is 64.1 Å². The van der Waals surface area contributed by atoms with E-state index in [0.717, 1.165) is 6.20 Å². The largest absolute Gasteiger partial charge is 0.310 e. The lowest BCUT2D eigenvalue weighted by Crippen LogP contribution is -2.03. The van der Waals surface area contributed by atoms with Gasteiger partial charge in [-0.3, -0.25) is 9.78 Å². The average molecular weight is 161 g/mol. The van der Waals surface area contributed by atoms with Crippen LogP contribution in [0.4, 0.5) is 0 Å². The van der Waals surface area contributed by atoms with Gasteiger partial charge in [-0.15, -0.1) is 0 Å². The van der Waals surface area contributed by atoms with Crippen LogP contribution in [0.2, 0.25) is 5.15 Å². The molecule has 0 radical (unpaired) electrons. The molecule has 0 aliphatic rings. The Bertz CT molecular complexity index is 233. The molecule has 3 nitrogen and oxygen atoms in total. The molecule has 0 bridgehead atoms. The van der Waals surface area contributed by atoms with Gasteiger partial charge in [0.2, 0.25) is 0 Å². The molecular formula is C6H9ClN2O. The van der Waals surface area contributed by atoms with Crippen molar-refractivity contribution in [1.29, 1.82) is 0 Å². The molecule has 1 aromatic rings. The summed E-state index contributed by atoms with van der Waals surface area (Å²) >= 11 is 5.33. The van der Waals surface area contributed by atoms with Crippen molar-refractivity contribution < 1.29 is 0 Å². The topological polar surface area (TPSA) is 45.8 Å². The van der Waals surface area contributed by atoms with Gasteiger partial charge in [0.05, 0.1) is 12.4 Å². The van der Waals surface area contributed by atoms with Gasteiger partial charge in [-0.2, -0.15) is 0 Å². The van der Waals surface area contributed by atoms with E-state index in [1.54, 1.807) is 0 Å². The second-order valence-corrected chi connectivity index (χ2v) is 1.65. The summed E-state index contributed by atoms with van der Waals surface area (Å²) in [5, 5.41) is 0.262. The van der Waals surface area contributed by atoms with E-state index >= 15 is 0 Å². The van der Waals surface area contributed by atoms with E-state index in [2.05, 4.69) is 9.97 Å². The molecular weight excluding hydrogens is 152 g/mol. The summed E-state index contributed by atoms with van der Waals surface area (Å²) in [6, 6.07) is 0. The van der Waals surface area contributed by atoms with E-state index in [9.17, 15) is 4.79 Å². The second kappa shape index (κ2) is 4.99. The van der Waals surface area contributed by atoms with E-state index in [4.69, 9.17) is 11.6 Å². The fraction of sp³-hybridized carbons (Fsp3) is 0.333. The van der Waals surface area contributed by atoms with Crippen LogP contribution in [0, 0.1) is 0 Å². The summed E-state index contributed by atoms with van der Waals surface area (Å²) in [6.45, 7) is 4.00. The van der Waals surface area contributed by atoms with Gasteiger partial charge in [0.15, 0.2) is 0 Å². The van der Waals surface area contributed by atoms with Crippen molar-refractivity contribution in [2.24, 2.45) is 0 Å². The Hall–Kier alpha value is -0.830. The molecule has 0 fully saturated rings. The Morgan fingerprint density at radius 2 is 2.10 bits per heavy atom. The van der Waals surface area contributed by atoms with Gasteiger partial charge in [0.25, 0.3) is 5.56 Å². The van der Waals surface area contributed by atoms with Gasteiger partial charge >= 0.3 is 0 Å². The molecule has 4 heteroatoms. The normalized spacial score (nSPS) is 7.90. The summed E-state index contributed by atoms with van der Waals surface area (Å²) < 4.78 is 0. The first-order valence-corrected chi connectivity index (χ1v) is 3.36. The lowest BCUT2D eigenvalue weighted by molar-refractivity contribution is 1.14. The minimum atomic E-state index is -0.280. The van der Waals surface area contributed by atoms with Gasteiger partial charge in [0, 0.05) is 0 Å². The number of halogens is 1. The third-order valence-corrected chi connectivity index (χ3v) is 0.814. The zero-order valence-electron chi connectivity index (χ0n) is 5.89. The van der Waals surface area contributed by atoms with Crippen molar-refractivity contribution in [3.63, 3.8) is 0 Å². The quantitative estimate of drug-likeness (QED) is 0.625. The van der Waals surface area contributed by atoms with Crippen LogP contribution >= 0.6 is 11.6 Å². The number of nitrogens with one attached hydrogen (secondary N) is 1. The van der Waals surface area contributed by atoms with Crippen LogP contribution in [-0.4, -0.2) is 9.97 Å². The van der Waals surface area contributed by atoms with Crippen LogP contribution in [0.15, 0.2) is 17.2 Å². The summed E-state index contributed by atoms with van der Waals surface area (Å²) in [5.74, 6) is 0. The zero-order chi connectivity index (χ0) is 7.98. The fourth-order valence-corrected chi connectivity index (χ4v) is 0.502. The summed E-state index contributed by atoms with van der Waals surface area (Å²) in [7, 11) is 0. The molecule has 0 saturated carbocycles. The first kappa shape index (κ1) is 9.17. The van der Waals surface area contributed by atoms with Crippen molar-refractivity contribution in [1.82, 2.24) is 9.97 Å². The molecule has 0 spiro atoms. The Morgan fingerprint density at radius 3 is 2.40 bits per heavy atom. The number of rotatable bonds is 0. The van der Waals surface area contributed by atoms with Gasteiger partial charge in [-0.1, -0.05) is 25.4 Å². The molecule has 10 heavy (non-hydrogen) atoms. The molecule has 1 N–H and O–H groups in total. The van der Waals surface area contributed by atoms with Crippen molar-refractivity contribution in [2.75, 3.05) is 0 Å². The van der Waals surface area contributed by atoms with Gasteiger partial charge in [0.1, 0.15) is 5.15 Å². The molecule has 0 amide bonds. The van der Waals surface area contributed by atoms with Crippen molar-refractivity contribution in [2.45, 2.75) is 13.8 Å². The average Bonchev–Trinajstić information content (AvgIpc) is 1.91. The predicted octanol–water partition coefficient (Wildman–Crippen LogP) is 1.45. The van der Waals surface area contributed by atoms with Crippen LogP contribution in [0.25, 0.3) is 0 Å². The van der Waals surface area contributed by atoms with Gasteiger partial charge in [-0.05, 0) is 0 Å². The second-order valence-electron chi connectivity index (χ2n) is 1.24. The summed E-state index contributed by atoms with van der Waals surface area (Å²) in [4.78, 5) is 16.1. The van der Waals surface area contributed by atoms with Crippen molar-refractivity contribution in [3.8, 4) is 0 Å². The maximum Gasteiger partial charge on any atom is 0.267 e. The van der Waals surface area contributed by atoms with Crippen molar-refractivity contribution in [3.05, 3.63) is 27.9 Å². The first-order chi connectivity index (χ1) is 4.79. The minimum Gasteiger partial charge on any atom is -0.310 e. The lowest BCUT2D eigenvalue weighted by atomic mass is 10.8. The number of hydrogen-bond donors (Lipinski definition) is 1. The molecule has 1 rings (SSSR count). The highest BCUT2D eigenvalue weighted by Gasteiger charge is 1.82. The third kappa shape index (κ3) is 3.25. The number of nitrogens with zero attached hydrogens (tertiary/aromatic N) is 1. The smallest absolute Gasteiger partial charge is 0.267 e. The third-order valence-electron chi connectivity index (χ3n) is 0.622. The lowest BCUT2D eigenvalue weighted by Gasteiger charge is -1.81. The molecule has 1 heterocycles. The highest BCUT2D eigenvalue weighted by molar-refractivity contribution is 6.29. The molecule has 0 saturated heterocycles. The van der Waals surface area contributed by atoms with Crippen LogP contribution in [0.1, 0.15) is 13.8 Å². The van der Waals surface area contributed by atoms with E-state index in [1.807, 2.05) is 13.8 Å². The number of hydrogen-bond acceptors (Lipinski definition) is 2. The van der Waals surface area contributed by atoms with Crippen molar-refractivity contribution >= 4 is 11.6 Å². The predicted molar refractivity (Wildman–Crippen MR) is 41.2 cm³/mol. The fourth-order valence-electron chi connectivity index (χ4n) is 0.353. The van der Waals surface area contributed by atoms with Gasteiger partial charge in [-0.25, -0.2) is 0 Å². The van der Waals surface area contributed by atoms with E-state index in [1.165, 1.54) is 6.20 Å². The van der Waals surface area contributed by atoms with Gasteiger partial charge < -0.3 is 4.98 Å². The zero-order valence-corrected chi connectivity index (χ0v) is 6.64. The SMILES string of the molecule is CC.O=c1cncc(Cl)[nH]1. The monoisotopic (exact) mass is 160 g/mol. The Kier molecular flexibility index (Phi) is 4.58. The summed E-state index contributed by atoms with van der Waals surface area (Å²) in [5.41, 5.74) is -0.280. The summed E-state index contributed by atoms with van der Waals surface area (Å²) in [6.07, 6.45) is 2.52. The Balaban J connectivity index is 0.000000371. The molecule has 0 aliphatic carbocycles. The minimum absolute atomic E-state index is 0.262. The van der Waals surface area contributed by atoms with Crippen LogP contribution < -0.4 is 5.56 Å². The van der Waals surface area contributed by atoms with Crippen LogP contribution in [0.5, 0.6) is 0 Å². The molecule has 0 aromatic carbocycles.